The molecule has 114 heavy (non-hydrogen) atoms. The topological polar surface area (TPSA) is 445 Å². The molecule has 0 radical (unpaired) electrons. The van der Waals surface area contributed by atoms with Crippen LogP contribution in [0.3, 0.4) is 0 Å². The number of hydrogen-bond donors (Lipinski definition) is 7. The second-order valence-electron chi connectivity index (χ2n) is 28.1. The first-order chi connectivity index (χ1) is 53.9. The monoisotopic (exact) mass is 1670 g/mol. The number of primary sulfonamides is 2. The van der Waals surface area contributed by atoms with E-state index in [0.29, 0.717) is 126 Å². The summed E-state index contributed by atoms with van der Waals surface area (Å²) in [7, 11) is -12.7. The van der Waals surface area contributed by atoms with Crippen molar-refractivity contribution in [1.82, 2.24) is 34.3 Å². The molecule has 4 aliphatic heterocycles. The number of anilines is 3. The number of carbonyl (C=O) groups excluding carboxylic acids is 1. The van der Waals surface area contributed by atoms with Crippen molar-refractivity contribution in [3.63, 3.8) is 0 Å². The number of fused-ring (bicyclic) bond motifs is 1. The Morgan fingerprint density at radius 2 is 1.21 bits per heavy atom. The number of alkyl halides is 3. The van der Waals surface area contributed by atoms with Crippen LogP contribution < -0.4 is 41.0 Å². The summed E-state index contributed by atoms with van der Waals surface area (Å²) < 4.78 is 150. The number of aromatic nitrogens is 2. The van der Waals surface area contributed by atoms with Gasteiger partial charge in [0, 0.05) is 125 Å². The van der Waals surface area contributed by atoms with Gasteiger partial charge in [-0.25, -0.2) is 45.2 Å². The summed E-state index contributed by atoms with van der Waals surface area (Å²) in [4.78, 5) is 62.6. The van der Waals surface area contributed by atoms with Crippen LogP contribution >= 0.6 is 11.6 Å². The maximum absolute atomic E-state index is 14.0. The van der Waals surface area contributed by atoms with Gasteiger partial charge in [-0.3, -0.25) is 54.7 Å². The van der Waals surface area contributed by atoms with Gasteiger partial charge in [-0.05, 0) is 128 Å². The Hall–Kier alpha value is -9.14. The molecule has 4 fully saturated rings. The SMILES string of the molecule is CCN1CCOCC1CN.CCN1CCOCC1CNc1ccc(S(=O)(=O)NC(=O)c2ccc(N3CCN(CC4=C(c5ccc(C(F)(F)F)cc5Cl)CC(C)(C)CC4)CC3)cc2Oc2cnc3[nH]ccc3c2)cc1[N+](=O)[O-].CCN1CCOCC1CNc1ccc(S(N)(=O)=O)cc1[N+](=O)[O-].NS(=O)(=O)c1ccc(F)c([N+](=O)[O-])c1. The Balaban J connectivity index is 0.000000253. The number of rotatable bonds is 24. The van der Waals surface area contributed by atoms with Crippen molar-refractivity contribution < 1.29 is 81.3 Å². The van der Waals surface area contributed by atoms with E-state index in [0.717, 1.165) is 112 Å². The Kier molecular flexibility index (Phi) is 30.4. The lowest BCUT2D eigenvalue weighted by molar-refractivity contribution is -0.387. The normalized spacial score (nSPS) is 18.7. The number of carbonyl (C=O) groups is 1. The van der Waals surface area contributed by atoms with Gasteiger partial charge in [0.1, 0.15) is 28.5 Å². The molecule has 12 rings (SSSR count). The molecule has 6 heterocycles. The third-order valence-electron chi connectivity index (χ3n) is 20.0. The second-order valence-corrected chi connectivity index (χ2v) is 33.3. The van der Waals surface area contributed by atoms with E-state index in [-0.39, 0.29) is 55.8 Å². The van der Waals surface area contributed by atoms with E-state index in [2.05, 4.69) is 70.6 Å². The molecule has 4 saturated heterocycles. The van der Waals surface area contributed by atoms with Crippen LogP contribution in [0, 0.1) is 41.6 Å². The molecule has 3 unspecified atom stereocenters. The number of halogens is 5. The number of nitrogens with one attached hydrogen (secondary N) is 4. The summed E-state index contributed by atoms with van der Waals surface area (Å²) in [6.45, 7) is 24.4. The fourth-order valence-corrected chi connectivity index (χ4v) is 16.0. The summed E-state index contributed by atoms with van der Waals surface area (Å²) in [6, 6.07) is 21.6. The number of nitro groups is 3. The summed E-state index contributed by atoms with van der Waals surface area (Å²) in [5.74, 6) is -1.78. The van der Waals surface area contributed by atoms with Crippen LogP contribution in [0.15, 0.2) is 136 Å². The van der Waals surface area contributed by atoms with Crippen LogP contribution in [0.1, 0.15) is 75.4 Å². The molecular formula is C73H93ClF4N16O17S3. The summed E-state index contributed by atoms with van der Waals surface area (Å²) in [5, 5.41) is 50.2. The van der Waals surface area contributed by atoms with Gasteiger partial charge in [-0.2, -0.15) is 17.6 Å². The van der Waals surface area contributed by atoms with Crippen LogP contribution in [-0.2, 0) is 50.5 Å². The van der Waals surface area contributed by atoms with Crippen LogP contribution in [0.2, 0.25) is 5.02 Å². The van der Waals surface area contributed by atoms with Gasteiger partial charge in [0.25, 0.3) is 27.3 Å². The Morgan fingerprint density at radius 1 is 0.684 bits per heavy atom. The highest BCUT2D eigenvalue weighted by Gasteiger charge is 2.36. The number of piperazine rings is 1. The zero-order valence-electron chi connectivity index (χ0n) is 63.3. The third-order valence-corrected chi connectivity index (χ3v) is 23.5. The van der Waals surface area contributed by atoms with Crippen LogP contribution in [0.4, 0.5) is 51.7 Å². The molecule has 0 bridgehead atoms. The van der Waals surface area contributed by atoms with Gasteiger partial charge in [-0.1, -0.05) is 57.9 Å². The molecule has 2 aromatic heterocycles. The number of hydrogen-bond acceptors (Lipinski definition) is 26. The fourth-order valence-electron chi connectivity index (χ4n) is 13.6. The summed E-state index contributed by atoms with van der Waals surface area (Å²) in [6.07, 6.45) is 1.10. The molecule has 10 N–H and O–H groups in total. The number of nitrogens with zero attached hydrogens (tertiary/aromatic N) is 9. The van der Waals surface area contributed by atoms with Crippen molar-refractivity contribution in [2.24, 2.45) is 21.4 Å². The van der Waals surface area contributed by atoms with Crippen molar-refractivity contribution in [1.29, 1.82) is 0 Å². The molecule has 3 atom stereocenters. The number of morpholine rings is 3. The van der Waals surface area contributed by atoms with Gasteiger partial charge >= 0.3 is 11.9 Å². The molecule has 620 valence electrons. The third kappa shape index (κ3) is 23.8. The molecule has 0 spiro atoms. The first-order valence-electron chi connectivity index (χ1n) is 36.5. The van der Waals surface area contributed by atoms with E-state index in [1.165, 1.54) is 42.6 Å². The number of nitro benzene ring substituents is 3. The van der Waals surface area contributed by atoms with Crippen LogP contribution in [0.25, 0.3) is 16.6 Å². The lowest BCUT2D eigenvalue weighted by atomic mass is 9.72. The quantitative estimate of drug-likeness (QED) is 0.0168. The number of aromatic amines is 1. The largest absolute Gasteiger partial charge is 0.455 e. The highest BCUT2D eigenvalue weighted by molar-refractivity contribution is 7.90. The van der Waals surface area contributed by atoms with Crippen LogP contribution in [0.5, 0.6) is 11.5 Å². The fraction of sp³-hybridized carbons (Fsp3) is 0.452. The predicted molar refractivity (Wildman–Crippen MR) is 421 cm³/mol. The number of allylic oxidation sites excluding steroid dienone is 1. The minimum absolute atomic E-state index is 0.0356. The second kappa shape index (κ2) is 39.0. The van der Waals surface area contributed by atoms with Gasteiger partial charge in [0.05, 0.1) is 98.5 Å². The Bertz CT molecular complexity index is 4970. The van der Waals surface area contributed by atoms with Gasteiger partial charge in [0.15, 0.2) is 0 Å². The number of pyridine rings is 1. The molecule has 5 aliphatic rings. The number of ether oxygens (including phenoxy) is 4. The highest BCUT2D eigenvalue weighted by atomic mass is 35.5. The van der Waals surface area contributed by atoms with Crippen molar-refractivity contribution in [2.45, 2.75) is 92.9 Å². The number of sulfonamides is 3. The average Bonchev–Trinajstić information content (AvgIpc) is 0.817. The number of amides is 1. The smallest absolute Gasteiger partial charge is 0.416 e. The van der Waals surface area contributed by atoms with E-state index >= 15 is 0 Å². The predicted octanol–water partition coefficient (Wildman–Crippen LogP) is 9.39. The minimum atomic E-state index is -4.63. The zero-order valence-corrected chi connectivity index (χ0v) is 66.5. The van der Waals surface area contributed by atoms with E-state index in [4.69, 9.17) is 46.6 Å². The molecule has 33 nitrogen and oxygen atoms in total. The molecule has 7 aromatic rings. The molecule has 0 saturated carbocycles. The van der Waals surface area contributed by atoms with Crippen LogP contribution in [-0.4, -0.2) is 225 Å². The van der Waals surface area contributed by atoms with E-state index < -0.39 is 89.5 Å². The average molecular weight is 1670 g/mol. The molecule has 5 aromatic carbocycles. The summed E-state index contributed by atoms with van der Waals surface area (Å²) in [5.41, 5.74) is 7.36. The van der Waals surface area contributed by atoms with E-state index in [1.54, 1.807) is 30.5 Å². The first-order valence-corrected chi connectivity index (χ1v) is 41.4. The number of nitrogens with two attached hydrogens (primary N) is 3. The van der Waals surface area contributed by atoms with Crippen molar-refractivity contribution in [2.75, 3.05) is 147 Å². The van der Waals surface area contributed by atoms with Crippen molar-refractivity contribution in [3.05, 3.63) is 179 Å². The van der Waals surface area contributed by atoms with E-state index in [9.17, 15) is 78.0 Å². The standard InChI is InChI=1S/C47H52ClF3N8O7S.C13H20N4O5S.C7H16N2O.C6H5FN2O4S/c1-4-57-19-20-65-29-34(57)26-53-41-10-7-36(24-42(41)59(61)62)67(63,64)55-45(60)38-9-6-33(23-43(38)66-35-21-30-12-14-52-44(30)54-27-35)58-17-15-56(16-18-58)28-31-11-13-46(2,3)25-39(31)37-8-5-32(22-40(37)48)47(49,50)51;1-2-16-5-6-22-9-10(16)8-15-12-4-3-11(23(14,20)21)7-13(12)17(18)19;1-2-9-3-4-10-6-7(9)5-8;7-5-2-1-4(14(8,12)13)3-6(5)9(10)11/h5-10,12,14,21-24,27,34,53H,4,11,13,15-20,25-26,28-29H2,1-3H3,(H,52,54)(H,55,60);3-4,7,10,15H,2,5-6,8-9H2,1H3,(H2,14,20,21);7H,2-6,8H2,1H3;1-3H,(H2,8,12,13). The maximum atomic E-state index is 14.0. The lowest BCUT2D eigenvalue weighted by Gasteiger charge is -2.39. The van der Waals surface area contributed by atoms with Crippen molar-refractivity contribution >= 4 is 98.3 Å². The Morgan fingerprint density at radius 3 is 1.73 bits per heavy atom. The lowest BCUT2D eigenvalue weighted by Crippen LogP contribution is -2.48. The van der Waals surface area contributed by atoms with Gasteiger partial charge in [-0.15, -0.1) is 0 Å². The first kappa shape index (κ1) is 88.8. The number of likely N-dealkylation sites (N-methyl/N-ethyl adjacent to an activating group) is 3. The van der Waals surface area contributed by atoms with Gasteiger partial charge < -0.3 is 45.2 Å². The van der Waals surface area contributed by atoms with E-state index in [1.807, 2.05) is 13.8 Å². The molecule has 41 heteroatoms. The number of H-pyrrole nitrogens is 1. The summed E-state index contributed by atoms with van der Waals surface area (Å²) >= 11 is 6.54. The Labute approximate surface area is 662 Å². The molecule has 1 amide bonds. The highest BCUT2D eigenvalue weighted by Crippen LogP contribution is 2.46. The maximum Gasteiger partial charge on any atom is 0.416 e. The molecular weight excluding hydrogens is 1580 g/mol. The molecule has 1 aliphatic carbocycles. The number of benzene rings is 5. The minimum Gasteiger partial charge on any atom is -0.455 e. The van der Waals surface area contributed by atoms with Gasteiger partial charge in [0.2, 0.25) is 25.9 Å². The zero-order chi connectivity index (χ0) is 83.0. The van der Waals surface area contributed by atoms with Crippen molar-refractivity contribution in [3.8, 4) is 11.5 Å².